The van der Waals surface area contributed by atoms with E-state index < -0.39 is 5.97 Å². The number of nitrogens with one attached hydrogen (secondary N) is 1. The van der Waals surface area contributed by atoms with E-state index in [9.17, 15) is 14.4 Å². The summed E-state index contributed by atoms with van der Waals surface area (Å²) in [6.45, 7) is 7.91. The van der Waals surface area contributed by atoms with Crippen LogP contribution in [0.2, 0.25) is 0 Å². The Morgan fingerprint density at radius 3 is 2.14 bits per heavy atom. The fourth-order valence-corrected chi connectivity index (χ4v) is 2.76. The highest BCUT2D eigenvalue weighted by Gasteiger charge is 2.17. The van der Waals surface area contributed by atoms with Crippen LogP contribution in [0, 0.1) is 0 Å². The van der Waals surface area contributed by atoms with Crippen LogP contribution in [0.15, 0.2) is 54.6 Å². The highest BCUT2D eigenvalue weighted by atomic mass is 16.5. The Balaban J connectivity index is 1.82. The van der Waals surface area contributed by atoms with Gasteiger partial charge in [-0.2, -0.15) is 0 Å². The lowest BCUT2D eigenvalue weighted by Gasteiger charge is -2.20. The van der Waals surface area contributed by atoms with Crippen LogP contribution >= 0.6 is 0 Å². The van der Waals surface area contributed by atoms with Gasteiger partial charge in [0, 0.05) is 17.8 Å². The molecule has 0 radical (unpaired) electrons. The van der Waals surface area contributed by atoms with E-state index >= 15 is 0 Å². The number of carbonyl (C=O) groups excluding carboxylic acids is 3. The molecule has 1 N–H and O–H groups in total. The standard InChI is InChI=1S/C23H28N2O4/c1-5-25(19-9-7-6-8-10-19)20(26)16-29-21(27)15-24-22(28)17-11-13-18(14-12-17)23(2,3)4/h6-14H,5,15-16H2,1-4H3,(H,24,28). The topological polar surface area (TPSA) is 75.7 Å². The van der Waals surface area contributed by atoms with Crippen molar-refractivity contribution < 1.29 is 19.1 Å². The summed E-state index contributed by atoms with van der Waals surface area (Å²) in [5.41, 5.74) is 2.31. The average Bonchev–Trinajstić information content (AvgIpc) is 2.71. The molecule has 2 amide bonds. The van der Waals surface area contributed by atoms with E-state index in [1.54, 1.807) is 12.1 Å². The van der Waals surface area contributed by atoms with Gasteiger partial charge >= 0.3 is 5.97 Å². The minimum Gasteiger partial charge on any atom is -0.454 e. The lowest BCUT2D eigenvalue weighted by atomic mass is 9.87. The van der Waals surface area contributed by atoms with Gasteiger partial charge in [0.1, 0.15) is 6.54 Å². The van der Waals surface area contributed by atoms with Crippen molar-refractivity contribution in [3.8, 4) is 0 Å². The summed E-state index contributed by atoms with van der Waals surface area (Å²) in [6.07, 6.45) is 0. The molecule has 154 valence electrons. The molecule has 6 nitrogen and oxygen atoms in total. The van der Waals surface area contributed by atoms with Gasteiger partial charge in [0.25, 0.3) is 11.8 Å². The monoisotopic (exact) mass is 396 g/mol. The molecule has 0 saturated heterocycles. The number of hydrogen-bond donors (Lipinski definition) is 1. The van der Waals surface area contributed by atoms with E-state index in [4.69, 9.17) is 4.74 Å². The highest BCUT2D eigenvalue weighted by Crippen LogP contribution is 2.22. The molecule has 0 atom stereocenters. The molecule has 0 aliphatic heterocycles. The summed E-state index contributed by atoms with van der Waals surface area (Å²) in [4.78, 5) is 37.9. The van der Waals surface area contributed by atoms with Crippen LogP contribution in [0.3, 0.4) is 0 Å². The summed E-state index contributed by atoms with van der Waals surface area (Å²) in [7, 11) is 0. The maximum absolute atomic E-state index is 12.3. The molecule has 29 heavy (non-hydrogen) atoms. The number of carbonyl (C=O) groups is 3. The number of anilines is 1. The number of para-hydroxylation sites is 1. The lowest BCUT2D eigenvalue weighted by Crippen LogP contribution is -2.36. The van der Waals surface area contributed by atoms with E-state index in [-0.39, 0.29) is 30.4 Å². The molecule has 2 aromatic rings. The van der Waals surface area contributed by atoms with Gasteiger partial charge in [0.05, 0.1) is 0 Å². The molecule has 0 heterocycles. The number of likely N-dealkylation sites (N-methyl/N-ethyl adjacent to an activating group) is 1. The minimum atomic E-state index is -0.665. The smallest absolute Gasteiger partial charge is 0.325 e. The van der Waals surface area contributed by atoms with Gasteiger partial charge in [0.15, 0.2) is 6.61 Å². The van der Waals surface area contributed by atoms with Crippen LogP contribution in [0.1, 0.15) is 43.6 Å². The molecule has 0 aromatic heterocycles. The fraction of sp³-hybridized carbons (Fsp3) is 0.348. The number of rotatable bonds is 7. The van der Waals surface area contributed by atoms with Crippen LogP contribution in [-0.4, -0.2) is 37.5 Å². The minimum absolute atomic E-state index is 0.00251. The Hall–Kier alpha value is -3.15. The van der Waals surface area contributed by atoms with E-state index in [1.165, 1.54) is 4.90 Å². The molecular weight excluding hydrogens is 368 g/mol. The van der Waals surface area contributed by atoms with E-state index in [2.05, 4.69) is 26.1 Å². The molecule has 0 saturated carbocycles. The zero-order valence-corrected chi connectivity index (χ0v) is 17.4. The van der Waals surface area contributed by atoms with E-state index in [1.807, 2.05) is 49.4 Å². The summed E-state index contributed by atoms with van der Waals surface area (Å²) in [5.74, 6) is -1.36. The van der Waals surface area contributed by atoms with Crippen LogP contribution in [-0.2, 0) is 19.7 Å². The van der Waals surface area contributed by atoms with Gasteiger partial charge in [-0.15, -0.1) is 0 Å². The Morgan fingerprint density at radius 2 is 1.59 bits per heavy atom. The number of amides is 2. The van der Waals surface area contributed by atoms with Gasteiger partial charge < -0.3 is 15.0 Å². The second-order valence-electron chi connectivity index (χ2n) is 7.64. The van der Waals surface area contributed by atoms with Crippen LogP contribution < -0.4 is 10.2 Å². The number of nitrogens with zero attached hydrogens (tertiary/aromatic N) is 1. The van der Waals surface area contributed by atoms with Crippen LogP contribution in [0.25, 0.3) is 0 Å². The first-order chi connectivity index (χ1) is 13.7. The number of esters is 1. The summed E-state index contributed by atoms with van der Waals surface area (Å²) in [6, 6.07) is 16.4. The van der Waals surface area contributed by atoms with Gasteiger partial charge in [0.2, 0.25) is 0 Å². The Bertz CT molecular complexity index is 839. The van der Waals surface area contributed by atoms with Gasteiger partial charge in [-0.3, -0.25) is 14.4 Å². The molecule has 2 rings (SSSR count). The molecule has 6 heteroatoms. The van der Waals surface area contributed by atoms with E-state index in [0.29, 0.717) is 12.1 Å². The molecule has 2 aromatic carbocycles. The summed E-state index contributed by atoms with van der Waals surface area (Å²) in [5, 5.41) is 2.52. The maximum atomic E-state index is 12.3. The lowest BCUT2D eigenvalue weighted by molar-refractivity contribution is -0.146. The Kier molecular flexibility index (Phi) is 7.53. The zero-order valence-electron chi connectivity index (χ0n) is 17.4. The van der Waals surface area contributed by atoms with Crippen molar-refractivity contribution in [2.24, 2.45) is 0 Å². The molecule has 0 spiro atoms. The third-order valence-corrected chi connectivity index (χ3v) is 4.45. The van der Waals surface area contributed by atoms with Crippen LogP contribution in [0.4, 0.5) is 5.69 Å². The van der Waals surface area contributed by atoms with Gasteiger partial charge in [-0.1, -0.05) is 51.1 Å². The van der Waals surface area contributed by atoms with Crippen molar-refractivity contribution in [1.29, 1.82) is 0 Å². The first-order valence-corrected chi connectivity index (χ1v) is 9.62. The van der Waals surface area contributed by atoms with Crippen molar-refractivity contribution in [1.82, 2.24) is 5.32 Å². The van der Waals surface area contributed by atoms with Gasteiger partial charge in [-0.05, 0) is 42.2 Å². The van der Waals surface area contributed by atoms with Crippen molar-refractivity contribution in [3.05, 3.63) is 65.7 Å². The molecule has 0 fully saturated rings. The fourth-order valence-electron chi connectivity index (χ4n) is 2.76. The second kappa shape index (κ2) is 9.87. The average molecular weight is 396 g/mol. The maximum Gasteiger partial charge on any atom is 0.325 e. The highest BCUT2D eigenvalue weighted by molar-refractivity contribution is 5.97. The molecule has 0 aliphatic rings. The van der Waals surface area contributed by atoms with Crippen molar-refractivity contribution >= 4 is 23.5 Å². The zero-order chi connectivity index (χ0) is 21.4. The first-order valence-electron chi connectivity index (χ1n) is 9.62. The van der Waals surface area contributed by atoms with Gasteiger partial charge in [-0.25, -0.2) is 0 Å². The first kappa shape index (κ1) is 22.1. The predicted molar refractivity (Wildman–Crippen MR) is 113 cm³/mol. The quantitative estimate of drug-likeness (QED) is 0.729. The molecule has 0 bridgehead atoms. The third kappa shape index (κ3) is 6.45. The second-order valence-corrected chi connectivity index (χ2v) is 7.64. The van der Waals surface area contributed by atoms with Crippen molar-refractivity contribution in [3.63, 3.8) is 0 Å². The molecule has 0 aliphatic carbocycles. The summed E-state index contributed by atoms with van der Waals surface area (Å²) < 4.78 is 5.01. The summed E-state index contributed by atoms with van der Waals surface area (Å²) >= 11 is 0. The largest absolute Gasteiger partial charge is 0.454 e. The number of ether oxygens (including phenoxy) is 1. The van der Waals surface area contributed by atoms with E-state index in [0.717, 1.165) is 11.3 Å². The SMILES string of the molecule is CCN(C(=O)COC(=O)CNC(=O)c1ccc(C(C)(C)C)cc1)c1ccccc1. The third-order valence-electron chi connectivity index (χ3n) is 4.45. The molecular formula is C23H28N2O4. The normalized spacial score (nSPS) is 10.9. The molecule has 0 unspecified atom stereocenters. The number of benzene rings is 2. The van der Waals surface area contributed by atoms with Crippen molar-refractivity contribution in [2.75, 3.05) is 24.6 Å². The predicted octanol–water partition coefficient (Wildman–Crippen LogP) is 3.31. The Labute approximate surface area is 171 Å². The Morgan fingerprint density at radius 1 is 0.966 bits per heavy atom. The number of hydrogen-bond acceptors (Lipinski definition) is 4. The van der Waals surface area contributed by atoms with Crippen LogP contribution in [0.5, 0.6) is 0 Å². The van der Waals surface area contributed by atoms with Crippen molar-refractivity contribution in [2.45, 2.75) is 33.1 Å².